The number of nitrogens with two attached hydrogens (primary N) is 6. The fourth-order valence-corrected chi connectivity index (χ4v) is 11.1. The Morgan fingerprint density at radius 2 is 1.03 bits per heavy atom. The molecule has 31 nitrogen and oxygen atoms in total. The van der Waals surface area contributed by atoms with Gasteiger partial charge in [-0.1, -0.05) is 72.9 Å². The number of unbranched alkanes of at least 4 members (excludes halogenated alkanes) is 2. The van der Waals surface area contributed by atoms with Gasteiger partial charge in [-0.3, -0.25) is 57.7 Å². The molecular weight excluding hydrogens is 1230 g/mol. The number of hydrogen-bond acceptors (Lipinski definition) is 18. The Morgan fingerprint density at radius 1 is 0.570 bits per heavy atom. The topological polar surface area (TPSA) is 516 Å². The zero-order valence-corrected chi connectivity index (χ0v) is 55.4. The van der Waals surface area contributed by atoms with Crippen molar-refractivity contribution in [1.82, 2.24) is 52.3 Å². The number of carboxylic acid groups (broad SMARTS) is 1. The Labute approximate surface area is 549 Å². The van der Waals surface area contributed by atoms with Crippen LogP contribution in [-0.2, 0) is 64.0 Å². The van der Waals surface area contributed by atoms with Crippen LogP contribution in [0.3, 0.4) is 0 Å². The maximum atomic E-state index is 14.6. The van der Waals surface area contributed by atoms with Crippen molar-refractivity contribution in [2.75, 3.05) is 38.5 Å². The van der Waals surface area contributed by atoms with Crippen LogP contribution in [0.4, 0.5) is 0 Å². The summed E-state index contributed by atoms with van der Waals surface area (Å²) < 4.78 is 0. The van der Waals surface area contributed by atoms with E-state index in [2.05, 4.69) is 60.2 Å². The molecule has 2 saturated heterocycles. The molecule has 0 unspecified atom stereocenters. The SMILES string of the molecule is CC[C@H](C)[C@H](NC(=O)[C@@H](NC(=O)[C@@H]1CCCN1C(=O)[C@@H](NC(=O)[C@@H]1CCCN1C(=O)[C@H](CCCCN)NC(=O)[C@@H](N)CCCCN)C(C)C)[C@@H](C)CC)C(=O)N[C@@H](Cc1ccc(O)cc1)C(=O)N[C@@H](CS)C(=O)N[C@@H](CC(N)=O)C(=O)N[C@@H](CCCN=C(N)N)C(=O)O. The van der Waals surface area contributed by atoms with Crippen molar-refractivity contribution in [3.05, 3.63) is 29.8 Å². The molecule has 3 rings (SSSR count). The number of nitrogens with one attached hydrogen (secondary N) is 8. The Kier molecular flexibility index (Phi) is 34.4. The first-order valence-corrected chi connectivity index (χ1v) is 32.8. The average Bonchev–Trinajstić information content (AvgIpc) is 1.83. The maximum Gasteiger partial charge on any atom is 0.326 e. The van der Waals surface area contributed by atoms with Crippen LogP contribution < -0.4 is 76.9 Å². The van der Waals surface area contributed by atoms with Crippen molar-refractivity contribution in [3.63, 3.8) is 0 Å². The minimum atomic E-state index is -1.72. The summed E-state index contributed by atoms with van der Waals surface area (Å²) in [5, 5.41) is 41.0. The van der Waals surface area contributed by atoms with Crippen LogP contribution in [0.15, 0.2) is 29.3 Å². The summed E-state index contributed by atoms with van der Waals surface area (Å²) in [6, 6.07) is -8.26. The molecule has 2 fully saturated rings. The molecule has 0 radical (unpaired) electrons. The van der Waals surface area contributed by atoms with Crippen LogP contribution in [0.25, 0.3) is 0 Å². The summed E-state index contributed by atoms with van der Waals surface area (Å²) in [6.07, 6.45) is 4.10. The van der Waals surface area contributed by atoms with E-state index in [1.54, 1.807) is 41.5 Å². The largest absolute Gasteiger partial charge is 0.508 e. The molecule has 0 bridgehead atoms. The van der Waals surface area contributed by atoms with Gasteiger partial charge in [0.15, 0.2) is 5.96 Å². The molecular formula is C61H103N17O14S. The summed E-state index contributed by atoms with van der Waals surface area (Å²) in [6.45, 7) is 11.7. The predicted molar refractivity (Wildman–Crippen MR) is 349 cm³/mol. The number of carboxylic acids is 1. The number of likely N-dealkylation sites (tertiary alicyclic amines) is 2. The number of benzene rings is 1. The first-order valence-electron chi connectivity index (χ1n) is 32.2. The Morgan fingerprint density at radius 3 is 1.55 bits per heavy atom. The van der Waals surface area contributed by atoms with Crippen molar-refractivity contribution >= 4 is 89.5 Å². The van der Waals surface area contributed by atoms with Gasteiger partial charge in [0.2, 0.25) is 65.0 Å². The van der Waals surface area contributed by atoms with Gasteiger partial charge in [0.05, 0.1) is 12.5 Å². The Balaban J connectivity index is 1.85. The van der Waals surface area contributed by atoms with Gasteiger partial charge in [0.1, 0.15) is 66.2 Å². The van der Waals surface area contributed by atoms with Crippen molar-refractivity contribution in [2.24, 2.45) is 57.1 Å². The van der Waals surface area contributed by atoms with Gasteiger partial charge in [-0.2, -0.15) is 12.6 Å². The molecule has 11 amide bonds. The summed E-state index contributed by atoms with van der Waals surface area (Å²) >= 11 is 4.24. The molecule has 2 aliphatic rings. The first kappa shape index (κ1) is 79.4. The Bertz CT molecular complexity index is 2720. The zero-order chi connectivity index (χ0) is 69.6. The minimum absolute atomic E-state index is 0.0389. The van der Waals surface area contributed by atoms with E-state index < -0.39 is 167 Å². The average molecular weight is 1330 g/mol. The normalized spacial score (nSPS) is 18.1. The van der Waals surface area contributed by atoms with Crippen molar-refractivity contribution in [1.29, 1.82) is 0 Å². The molecule has 22 N–H and O–H groups in total. The molecule has 93 heavy (non-hydrogen) atoms. The van der Waals surface area contributed by atoms with Gasteiger partial charge in [0, 0.05) is 31.8 Å². The van der Waals surface area contributed by atoms with Crippen LogP contribution in [0.1, 0.15) is 143 Å². The monoisotopic (exact) mass is 1330 g/mol. The molecule has 522 valence electrons. The number of phenolic OH excluding ortho intramolecular Hbond substituents is 1. The minimum Gasteiger partial charge on any atom is -0.508 e. The van der Waals surface area contributed by atoms with Gasteiger partial charge in [-0.25, -0.2) is 4.79 Å². The standard InChI is InChI=1S/C61H103N17O14S/c1-7-34(5)48(56(87)72-41(30-36-21-23-37(79)24-22-36)51(82)73-43(32-93)53(84)71-42(31-46(65)80)52(83)70-40(60(91)92)18-13-27-68-61(66)67)76-57(88)49(35(6)8-2)75-55(86)45-20-15-29-78(45)59(90)47(33(3)4)74-54(85)44-19-14-28-77(44)58(89)39(17-10-12-26-63)69-50(81)38(64)16-9-11-25-62/h21-24,33-35,38-45,47-49,79,93H,7-20,25-32,62-64H2,1-6H3,(H2,65,80)(H,69,81)(H,70,83)(H,71,84)(H,72,87)(H,73,82)(H,74,85)(H,75,86)(H,76,88)(H,91,92)(H4,66,67,68)/t34-,35-,38-,39-,40-,41-,42-,43-,44-,45-,47-,48-,49-/m0/s1. The second-order valence-electron chi connectivity index (χ2n) is 24.3. The van der Waals surface area contributed by atoms with Gasteiger partial charge < -0.3 is 96.9 Å². The van der Waals surface area contributed by atoms with Gasteiger partial charge >= 0.3 is 5.97 Å². The van der Waals surface area contributed by atoms with Crippen LogP contribution in [0.5, 0.6) is 5.75 Å². The highest BCUT2D eigenvalue weighted by Gasteiger charge is 2.44. The van der Waals surface area contributed by atoms with Crippen LogP contribution in [-0.4, -0.2) is 202 Å². The molecule has 13 atom stereocenters. The number of carbonyl (C=O) groups excluding carboxylic acids is 11. The van der Waals surface area contributed by atoms with Gasteiger partial charge in [-0.15, -0.1) is 0 Å². The second kappa shape index (κ2) is 40.3. The molecule has 1 aromatic carbocycles. The number of primary amides is 1. The van der Waals surface area contributed by atoms with Crippen molar-refractivity contribution < 1.29 is 67.7 Å². The second-order valence-corrected chi connectivity index (χ2v) is 24.7. The number of aliphatic imine (C=N–C) groups is 1. The zero-order valence-electron chi connectivity index (χ0n) is 54.5. The molecule has 2 heterocycles. The van der Waals surface area contributed by atoms with E-state index in [0.29, 0.717) is 82.9 Å². The van der Waals surface area contributed by atoms with E-state index in [1.165, 1.54) is 34.1 Å². The van der Waals surface area contributed by atoms with E-state index in [4.69, 9.17) is 34.4 Å². The smallest absolute Gasteiger partial charge is 0.326 e. The summed E-state index contributed by atoms with van der Waals surface area (Å²) in [4.78, 5) is 172. The number of amides is 11. The van der Waals surface area contributed by atoms with Gasteiger partial charge in [0.25, 0.3) is 0 Å². The number of nitrogens with zero attached hydrogens (tertiary/aromatic N) is 3. The molecule has 32 heteroatoms. The van der Waals surface area contributed by atoms with E-state index >= 15 is 0 Å². The van der Waals surface area contributed by atoms with E-state index in [0.717, 1.165) is 0 Å². The number of aliphatic carboxylic acids is 1. The molecule has 0 aliphatic carbocycles. The lowest BCUT2D eigenvalue weighted by Gasteiger charge is -2.34. The maximum absolute atomic E-state index is 14.6. The van der Waals surface area contributed by atoms with E-state index in [-0.39, 0.29) is 63.4 Å². The number of phenols is 1. The third-order valence-corrected chi connectivity index (χ3v) is 17.1. The highest BCUT2D eigenvalue weighted by Crippen LogP contribution is 2.25. The predicted octanol–water partition coefficient (Wildman–Crippen LogP) is -2.93. The lowest BCUT2D eigenvalue weighted by Crippen LogP contribution is -2.62. The highest BCUT2D eigenvalue weighted by molar-refractivity contribution is 7.80. The number of rotatable bonds is 41. The first-order chi connectivity index (χ1) is 44.0. The fraction of sp³-hybridized carbons (Fsp3) is 0.689. The lowest BCUT2D eigenvalue weighted by atomic mass is 9.94. The van der Waals surface area contributed by atoms with Crippen LogP contribution in [0.2, 0.25) is 0 Å². The van der Waals surface area contributed by atoms with E-state index in [9.17, 15) is 67.7 Å². The Hall–Kier alpha value is -7.84. The molecule has 2 aliphatic heterocycles. The number of aromatic hydroxyl groups is 1. The third kappa shape index (κ3) is 25.5. The highest BCUT2D eigenvalue weighted by atomic mass is 32.1. The van der Waals surface area contributed by atoms with Crippen LogP contribution in [0, 0.1) is 17.8 Å². The molecule has 1 aromatic rings. The molecule has 0 aromatic heterocycles. The van der Waals surface area contributed by atoms with Crippen molar-refractivity contribution in [2.45, 2.75) is 211 Å². The third-order valence-electron chi connectivity index (χ3n) is 16.8. The summed E-state index contributed by atoms with van der Waals surface area (Å²) in [7, 11) is 0. The summed E-state index contributed by atoms with van der Waals surface area (Å²) in [5.41, 5.74) is 34.0. The molecule has 0 spiro atoms. The van der Waals surface area contributed by atoms with Crippen LogP contribution >= 0.6 is 12.6 Å². The number of carbonyl (C=O) groups is 12. The quantitative estimate of drug-likeness (QED) is 0.0135. The number of guanidine groups is 1. The van der Waals surface area contributed by atoms with Crippen molar-refractivity contribution in [3.8, 4) is 5.75 Å². The van der Waals surface area contributed by atoms with E-state index in [1.807, 2.05) is 0 Å². The summed E-state index contributed by atoms with van der Waals surface area (Å²) in [5.74, 6) is -12.3. The fourth-order valence-electron chi connectivity index (χ4n) is 10.8. The van der Waals surface area contributed by atoms with Gasteiger partial charge in [-0.05, 0) is 119 Å². The molecule has 0 saturated carbocycles. The number of thiol groups is 1. The lowest BCUT2D eigenvalue weighted by molar-refractivity contribution is -0.145. The number of hydrogen-bond donors (Lipinski definition) is 17.